The van der Waals surface area contributed by atoms with Gasteiger partial charge in [-0.15, -0.1) is 0 Å². The van der Waals surface area contributed by atoms with Gasteiger partial charge in [-0.05, 0) is 13.8 Å². The summed E-state index contributed by atoms with van der Waals surface area (Å²) in [5.74, 6) is -0.928. The topological polar surface area (TPSA) is 49.3 Å². The molecule has 0 atom stereocenters. The summed E-state index contributed by atoms with van der Waals surface area (Å²) in [5, 5.41) is 10.9. The molecule has 0 aliphatic carbocycles. The highest BCUT2D eigenvalue weighted by atomic mass is 16.4. The molecule has 0 spiro atoms. The summed E-state index contributed by atoms with van der Waals surface area (Å²) in [4.78, 5) is 9.85. The Hall–Kier alpha value is -0.990. The monoisotopic (exact) mass is 129 g/mol. The number of hydrogen-bond donors (Lipinski definition) is 2. The van der Waals surface area contributed by atoms with Crippen LogP contribution >= 0.6 is 0 Å². The lowest BCUT2D eigenvalue weighted by molar-refractivity contribution is -0.131. The van der Waals surface area contributed by atoms with E-state index < -0.39 is 5.97 Å². The summed E-state index contributed by atoms with van der Waals surface area (Å²) in [7, 11) is 0. The molecule has 0 heterocycles. The third kappa shape index (κ3) is 7.01. The van der Waals surface area contributed by atoms with Gasteiger partial charge in [0.1, 0.15) is 0 Å². The van der Waals surface area contributed by atoms with E-state index in [0.29, 0.717) is 6.04 Å². The number of nitrogens with one attached hydrogen (secondary N) is 1. The van der Waals surface area contributed by atoms with Crippen LogP contribution in [0.15, 0.2) is 12.3 Å². The van der Waals surface area contributed by atoms with Crippen LogP contribution in [0, 0.1) is 0 Å². The fourth-order valence-corrected chi connectivity index (χ4v) is 0.312. The molecule has 3 nitrogen and oxygen atoms in total. The first-order valence-corrected chi connectivity index (χ1v) is 2.78. The fourth-order valence-electron chi connectivity index (χ4n) is 0.312. The van der Waals surface area contributed by atoms with E-state index in [9.17, 15) is 4.79 Å². The Morgan fingerprint density at radius 2 is 2.22 bits per heavy atom. The summed E-state index contributed by atoms with van der Waals surface area (Å²) in [6.45, 7) is 3.87. The van der Waals surface area contributed by atoms with Gasteiger partial charge in [-0.1, -0.05) is 0 Å². The predicted molar refractivity (Wildman–Crippen MR) is 35.0 cm³/mol. The van der Waals surface area contributed by atoms with E-state index in [1.807, 2.05) is 13.8 Å². The number of aliphatic carboxylic acids is 1. The van der Waals surface area contributed by atoms with Crippen LogP contribution < -0.4 is 5.32 Å². The van der Waals surface area contributed by atoms with Crippen molar-refractivity contribution in [3.8, 4) is 0 Å². The average molecular weight is 129 g/mol. The highest BCUT2D eigenvalue weighted by molar-refractivity contribution is 5.79. The van der Waals surface area contributed by atoms with E-state index in [0.717, 1.165) is 6.08 Å². The van der Waals surface area contributed by atoms with Crippen LogP contribution in [0.4, 0.5) is 0 Å². The molecule has 0 aliphatic heterocycles. The highest BCUT2D eigenvalue weighted by Gasteiger charge is 1.85. The van der Waals surface area contributed by atoms with Gasteiger partial charge in [0.25, 0.3) is 0 Å². The zero-order valence-electron chi connectivity index (χ0n) is 5.59. The van der Waals surface area contributed by atoms with E-state index in [1.54, 1.807) is 0 Å². The summed E-state index contributed by atoms with van der Waals surface area (Å²) < 4.78 is 0. The minimum Gasteiger partial charge on any atom is -0.478 e. The lowest BCUT2D eigenvalue weighted by atomic mass is 10.4. The van der Waals surface area contributed by atoms with Gasteiger partial charge in [0.2, 0.25) is 0 Å². The molecular weight excluding hydrogens is 118 g/mol. The first kappa shape index (κ1) is 8.01. The molecule has 0 rings (SSSR count). The SMILES string of the molecule is CC(C)N/C=C/C(=O)O. The van der Waals surface area contributed by atoms with Crippen molar-refractivity contribution in [3.63, 3.8) is 0 Å². The minimum atomic E-state index is -0.928. The molecule has 0 aromatic rings. The predicted octanol–water partition coefficient (Wildman–Crippen LogP) is 0.583. The molecule has 9 heavy (non-hydrogen) atoms. The van der Waals surface area contributed by atoms with Crippen molar-refractivity contribution < 1.29 is 9.90 Å². The molecule has 0 aromatic heterocycles. The standard InChI is InChI=1S/C6H11NO2/c1-5(2)7-4-3-6(8)9/h3-5,7H,1-2H3,(H,8,9)/b4-3+. The molecule has 0 aromatic carbocycles. The van der Waals surface area contributed by atoms with E-state index in [4.69, 9.17) is 5.11 Å². The Balaban J connectivity index is 3.36. The second-order valence-corrected chi connectivity index (χ2v) is 1.99. The van der Waals surface area contributed by atoms with Crippen molar-refractivity contribution >= 4 is 5.97 Å². The second-order valence-electron chi connectivity index (χ2n) is 1.99. The number of carboxylic acids is 1. The van der Waals surface area contributed by atoms with Gasteiger partial charge in [-0.3, -0.25) is 0 Å². The Morgan fingerprint density at radius 3 is 2.56 bits per heavy atom. The molecule has 0 amide bonds. The molecule has 2 N–H and O–H groups in total. The first-order chi connectivity index (χ1) is 4.13. The first-order valence-electron chi connectivity index (χ1n) is 2.78. The third-order valence-corrected chi connectivity index (χ3v) is 0.655. The number of hydrogen-bond acceptors (Lipinski definition) is 2. The van der Waals surface area contributed by atoms with Crippen molar-refractivity contribution in [1.82, 2.24) is 5.32 Å². The summed E-state index contributed by atoms with van der Waals surface area (Å²) >= 11 is 0. The van der Waals surface area contributed by atoms with Crippen LogP contribution in [0.2, 0.25) is 0 Å². The Bertz CT molecular complexity index is 118. The maximum absolute atomic E-state index is 9.85. The lowest BCUT2D eigenvalue weighted by Crippen LogP contribution is -2.15. The number of carboxylic acid groups (broad SMARTS) is 1. The molecule has 0 radical (unpaired) electrons. The number of rotatable bonds is 3. The van der Waals surface area contributed by atoms with Crippen LogP contribution in [0.25, 0.3) is 0 Å². The molecular formula is C6H11NO2. The zero-order chi connectivity index (χ0) is 7.28. The van der Waals surface area contributed by atoms with Gasteiger partial charge in [0, 0.05) is 18.3 Å². The van der Waals surface area contributed by atoms with Crippen molar-refractivity contribution in [2.75, 3.05) is 0 Å². The van der Waals surface area contributed by atoms with Crippen molar-refractivity contribution in [2.24, 2.45) is 0 Å². The Kier molecular flexibility index (Phi) is 3.51. The van der Waals surface area contributed by atoms with Gasteiger partial charge in [0.15, 0.2) is 0 Å². The summed E-state index contributed by atoms with van der Waals surface area (Å²) in [6, 6.07) is 0.292. The van der Waals surface area contributed by atoms with Gasteiger partial charge >= 0.3 is 5.97 Å². The second kappa shape index (κ2) is 3.95. The van der Waals surface area contributed by atoms with Crippen molar-refractivity contribution in [1.29, 1.82) is 0 Å². The van der Waals surface area contributed by atoms with Gasteiger partial charge < -0.3 is 10.4 Å². The van der Waals surface area contributed by atoms with E-state index >= 15 is 0 Å². The molecule has 0 saturated heterocycles. The van der Waals surface area contributed by atoms with Crippen molar-refractivity contribution in [2.45, 2.75) is 19.9 Å². The maximum atomic E-state index is 9.85. The Labute approximate surface area is 54.4 Å². The van der Waals surface area contributed by atoms with Gasteiger partial charge in [-0.2, -0.15) is 0 Å². The average Bonchev–Trinajstić information content (AvgIpc) is 1.63. The normalized spacial score (nSPS) is 10.6. The summed E-state index contributed by atoms with van der Waals surface area (Å²) in [6.07, 6.45) is 2.49. The van der Waals surface area contributed by atoms with Crippen LogP contribution in [0.1, 0.15) is 13.8 Å². The van der Waals surface area contributed by atoms with Crippen LogP contribution in [-0.4, -0.2) is 17.1 Å². The van der Waals surface area contributed by atoms with Crippen molar-refractivity contribution in [3.05, 3.63) is 12.3 Å². The molecule has 0 aliphatic rings. The molecule has 3 heteroatoms. The quantitative estimate of drug-likeness (QED) is 0.548. The number of carbonyl (C=O) groups is 1. The lowest BCUT2D eigenvalue weighted by Gasteiger charge is -2.00. The maximum Gasteiger partial charge on any atom is 0.329 e. The van der Waals surface area contributed by atoms with Crippen LogP contribution in [-0.2, 0) is 4.79 Å². The molecule has 0 saturated carbocycles. The fraction of sp³-hybridized carbons (Fsp3) is 0.500. The minimum absolute atomic E-state index is 0.292. The van der Waals surface area contributed by atoms with Gasteiger partial charge in [0.05, 0.1) is 0 Å². The van der Waals surface area contributed by atoms with Crippen LogP contribution in [0.5, 0.6) is 0 Å². The molecule has 52 valence electrons. The summed E-state index contributed by atoms with van der Waals surface area (Å²) in [5.41, 5.74) is 0. The smallest absolute Gasteiger partial charge is 0.329 e. The largest absolute Gasteiger partial charge is 0.478 e. The zero-order valence-corrected chi connectivity index (χ0v) is 5.59. The van der Waals surface area contributed by atoms with Gasteiger partial charge in [-0.25, -0.2) is 4.79 Å². The Morgan fingerprint density at radius 1 is 1.67 bits per heavy atom. The van der Waals surface area contributed by atoms with E-state index in [1.165, 1.54) is 6.20 Å². The third-order valence-electron chi connectivity index (χ3n) is 0.655. The van der Waals surface area contributed by atoms with E-state index in [-0.39, 0.29) is 0 Å². The highest BCUT2D eigenvalue weighted by Crippen LogP contribution is 1.75. The molecule has 0 bridgehead atoms. The molecule has 0 fully saturated rings. The van der Waals surface area contributed by atoms with Crippen LogP contribution in [0.3, 0.4) is 0 Å². The molecule has 0 unspecified atom stereocenters. The van der Waals surface area contributed by atoms with E-state index in [2.05, 4.69) is 5.32 Å².